The van der Waals surface area contributed by atoms with Crippen LogP contribution >= 0.6 is 0 Å². The SMILES string of the molecule is Cc1cnc(C(/N=C(\N)Nc2cccc(F)c2)=C(/N)c2ccncc2F)o1. The van der Waals surface area contributed by atoms with Crippen LogP contribution in [0.25, 0.3) is 11.4 Å². The molecule has 0 amide bonds. The number of pyridine rings is 1. The number of aliphatic imine (C=N–C) groups is 1. The molecule has 0 bridgehead atoms. The van der Waals surface area contributed by atoms with Crippen LogP contribution in [-0.4, -0.2) is 15.9 Å². The zero-order chi connectivity index (χ0) is 19.4. The van der Waals surface area contributed by atoms with Crippen LogP contribution in [0.2, 0.25) is 0 Å². The van der Waals surface area contributed by atoms with E-state index in [1.807, 2.05) is 0 Å². The van der Waals surface area contributed by atoms with Crippen LogP contribution in [0.3, 0.4) is 0 Å². The normalized spacial score (nSPS) is 12.6. The van der Waals surface area contributed by atoms with E-state index in [0.29, 0.717) is 11.4 Å². The molecule has 1 aromatic carbocycles. The Balaban J connectivity index is 2.05. The number of nitrogens with one attached hydrogen (secondary N) is 1. The molecule has 0 aliphatic heterocycles. The van der Waals surface area contributed by atoms with Crippen molar-refractivity contribution in [2.75, 3.05) is 5.32 Å². The fourth-order valence-electron chi connectivity index (χ4n) is 2.27. The second-order valence-electron chi connectivity index (χ2n) is 5.53. The number of hydrogen-bond donors (Lipinski definition) is 3. The van der Waals surface area contributed by atoms with Crippen LogP contribution in [-0.2, 0) is 0 Å². The molecular weight excluding hydrogens is 354 g/mol. The van der Waals surface area contributed by atoms with Gasteiger partial charge in [-0.25, -0.2) is 18.8 Å². The molecule has 0 unspecified atom stereocenters. The molecule has 2 heterocycles. The van der Waals surface area contributed by atoms with Gasteiger partial charge in [-0.15, -0.1) is 0 Å². The number of hydrogen-bond acceptors (Lipinski definition) is 5. The number of aromatic nitrogens is 2. The van der Waals surface area contributed by atoms with Crippen molar-refractivity contribution in [1.82, 2.24) is 9.97 Å². The number of guanidine groups is 1. The zero-order valence-electron chi connectivity index (χ0n) is 14.3. The largest absolute Gasteiger partial charge is 0.440 e. The molecule has 3 rings (SSSR count). The van der Waals surface area contributed by atoms with Crippen molar-refractivity contribution in [3.05, 3.63) is 77.8 Å². The van der Waals surface area contributed by atoms with Crippen LogP contribution in [0.5, 0.6) is 0 Å². The lowest BCUT2D eigenvalue weighted by Crippen LogP contribution is -2.23. The van der Waals surface area contributed by atoms with E-state index in [1.165, 1.54) is 36.7 Å². The second-order valence-corrected chi connectivity index (χ2v) is 5.53. The Bertz CT molecular complexity index is 1030. The van der Waals surface area contributed by atoms with Gasteiger partial charge >= 0.3 is 0 Å². The summed E-state index contributed by atoms with van der Waals surface area (Å²) in [6.45, 7) is 1.69. The van der Waals surface area contributed by atoms with Gasteiger partial charge in [0, 0.05) is 17.4 Å². The fourth-order valence-corrected chi connectivity index (χ4v) is 2.27. The molecule has 27 heavy (non-hydrogen) atoms. The average molecular weight is 370 g/mol. The maximum atomic E-state index is 14.1. The molecule has 0 aliphatic rings. The van der Waals surface area contributed by atoms with Crippen molar-refractivity contribution >= 4 is 23.0 Å². The lowest BCUT2D eigenvalue weighted by atomic mass is 10.1. The highest BCUT2D eigenvalue weighted by atomic mass is 19.1. The monoisotopic (exact) mass is 370 g/mol. The first kappa shape index (κ1) is 18.1. The third kappa shape index (κ3) is 4.27. The maximum absolute atomic E-state index is 14.1. The summed E-state index contributed by atoms with van der Waals surface area (Å²) in [4.78, 5) is 11.9. The number of rotatable bonds is 4. The van der Waals surface area contributed by atoms with Gasteiger partial charge in [0.05, 0.1) is 18.1 Å². The third-order valence-corrected chi connectivity index (χ3v) is 3.47. The highest BCUT2D eigenvalue weighted by Gasteiger charge is 2.17. The lowest BCUT2D eigenvalue weighted by Gasteiger charge is -2.09. The standard InChI is InChI=1S/C18H16F2N6O/c1-10-8-24-17(27-10)16(15(21)13-5-6-23-9-14(13)20)26-18(22)25-12-4-2-3-11(19)7-12/h2-9H,21H2,1H3,(H3,22,25,26)/b16-15-. The van der Waals surface area contributed by atoms with Gasteiger partial charge in [0.25, 0.3) is 0 Å². The van der Waals surface area contributed by atoms with Crippen molar-refractivity contribution in [3.8, 4) is 0 Å². The molecule has 0 saturated carbocycles. The van der Waals surface area contributed by atoms with Gasteiger partial charge in [0.2, 0.25) is 5.89 Å². The first-order valence-corrected chi connectivity index (χ1v) is 7.83. The van der Waals surface area contributed by atoms with E-state index in [4.69, 9.17) is 15.9 Å². The van der Waals surface area contributed by atoms with Gasteiger partial charge in [0.1, 0.15) is 11.6 Å². The molecule has 138 valence electrons. The van der Waals surface area contributed by atoms with Crippen LogP contribution in [0, 0.1) is 18.6 Å². The highest BCUT2D eigenvalue weighted by molar-refractivity contribution is 5.99. The summed E-state index contributed by atoms with van der Waals surface area (Å²) in [6.07, 6.45) is 3.89. The molecule has 0 atom stereocenters. The van der Waals surface area contributed by atoms with Crippen LogP contribution in [0.4, 0.5) is 14.5 Å². The van der Waals surface area contributed by atoms with E-state index >= 15 is 0 Å². The Morgan fingerprint density at radius 3 is 2.67 bits per heavy atom. The topological polar surface area (TPSA) is 115 Å². The minimum absolute atomic E-state index is 0.0228. The molecule has 7 nitrogen and oxygen atoms in total. The Morgan fingerprint density at radius 1 is 1.19 bits per heavy atom. The zero-order valence-corrected chi connectivity index (χ0v) is 14.3. The molecule has 2 aromatic heterocycles. The van der Waals surface area contributed by atoms with Crippen LogP contribution < -0.4 is 16.8 Å². The first-order chi connectivity index (χ1) is 12.9. The van der Waals surface area contributed by atoms with E-state index in [9.17, 15) is 8.78 Å². The molecular formula is C18H16F2N6O. The Hall–Kier alpha value is -3.75. The molecule has 9 heteroatoms. The van der Waals surface area contributed by atoms with Crippen molar-refractivity contribution in [2.45, 2.75) is 6.92 Å². The summed E-state index contributed by atoms with van der Waals surface area (Å²) in [5.74, 6) is -0.612. The van der Waals surface area contributed by atoms with Gasteiger partial charge in [-0.2, -0.15) is 0 Å². The fraction of sp³-hybridized carbons (Fsp3) is 0.0556. The highest BCUT2D eigenvalue weighted by Crippen LogP contribution is 2.25. The Morgan fingerprint density at radius 2 is 2.00 bits per heavy atom. The Labute approximate surface area is 153 Å². The number of oxazole rings is 1. The predicted molar refractivity (Wildman–Crippen MR) is 98.1 cm³/mol. The maximum Gasteiger partial charge on any atom is 0.247 e. The van der Waals surface area contributed by atoms with Gasteiger partial charge in [-0.05, 0) is 31.2 Å². The van der Waals surface area contributed by atoms with Crippen molar-refractivity contribution in [1.29, 1.82) is 0 Å². The summed E-state index contributed by atoms with van der Waals surface area (Å²) in [7, 11) is 0. The van der Waals surface area contributed by atoms with Gasteiger partial charge in [0.15, 0.2) is 17.5 Å². The van der Waals surface area contributed by atoms with E-state index in [-0.39, 0.29) is 28.8 Å². The minimum atomic E-state index is -0.636. The summed E-state index contributed by atoms with van der Waals surface area (Å²) in [5.41, 5.74) is 12.4. The smallest absolute Gasteiger partial charge is 0.247 e. The second kappa shape index (κ2) is 7.65. The summed E-state index contributed by atoms with van der Waals surface area (Å²) in [5, 5.41) is 2.73. The quantitative estimate of drug-likeness (QED) is 0.480. The van der Waals surface area contributed by atoms with Crippen molar-refractivity contribution in [3.63, 3.8) is 0 Å². The molecule has 0 aliphatic carbocycles. The molecule has 3 aromatic rings. The molecule has 5 N–H and O–H groups in total. The minimum Gasteiger partial charge on any atom is -0.440 e. The molecule has 0 radical (unpaired) electrons. The molecule has 0 saturated heterocycles. The van der Waals surface area contributed by atoms with Crippen LogP contribution in [0.1, 0.15) is 17.2 Å². The number of anilines is 1. The van der Waals surface area contributed by atoms with Crippen molar-refractivity contribution in [2.24, 2.45) is 16.5 Å². The van der Waals surface area contributed by atoms with E-state index in [0.717, 1.165) is 6.20 Å². The van der Waals surface area contributed by atoms with Crippen LogP contribution in [0.15, 0.2) is 58.3 Å². The molecule has 0 fully saturated rings. The average Bonchev–Trinajstić information content (AvgIpc) is 3.05. The van der Waals surface area contributed by atoms with E-state index < -0.39 is 11.6 Å². The Kier molecular flexibility index (Phi) is 5.11. The number of aryl methyl sites for hydroxylation is 1. The number of nitrogens with zero attached hydrogens (tertiary/aromatic N) is 3. The number of nitrogens with two attached hydrogens (primary N) is 2. The first-order valence-electron chi connectivity index (χ1n) is 7.83. The van der Waals surface area contributed by atoms with Gasteiger partial charge in [-0.1, -0.05) is 6.07 Å². The van der Waals surface area contributed by atoms with E-state index in [2.05, 4.69) is 20.3 Å². The predicted octanol–water partition coefficient (Wildman–Crippen LogP) is 2.87. The number of halogens is 2. The summed E-state index contributed by atoms with van der Waals surface area (Å²) in [6, 6.07) is 7.05. The van der Waals surface area contributed by atoms with Gasteiger partial charge < -0.3 is 21.2 Å². The van der Waals surface area contributed by atoms with Gasteiger partial charge in [-0.3, -0.25) is 4.98 Å². The lowest BCUT2D eigenvalue weighted by molar-refractivity contribution is 0.512. The number of benzene rings is 1. The summed E-state index contributed by atoms with van der Waals surface area (Å²) >= 11 is 0. The molecule has 0 spiro atoms. The van der Waals surface area contributed by atoms with E-state index in [1.54, 1.807) is 13.0 Å². The third-order valence-electron chi connectivity index (χ3n) is 3.47. The summed E-state index contributed by atoms with van der Waals surface area (Å²) < 4.78 is 32.9. The van der Waals surface area contributed by atoms with Crippen molar-refractivity contribution < 1.29 is 13.2 Å².